The summed E-state index contributed by atoms with van der Waals surface area (Å²) in [7, 11) is 2.13. The molecule has 2 nitrogen and oxygen atoms in total. The van der Waals surface area contributed by atoms with Gasteiger partial charge < -0.3 is 5.11 Å². The standard InChI is InChI=1S/C19H23NO/c1-20-14-8-13-19(21,17-11-6-3-7-12-17)18(20)15-16-9-4-2-5-10-16/h2-7,9-12,18,21H,8,13-15H2,1H3. The van der Waals surface area contributed by atoms with Crippen LogP contribution in [-0.2, 0) is 12.0 Å². The molecule has 21 heavy (non-hydrogen) atoms. The van der Waals surface area contributed by atoms with E-state index in [4.69, 9.17) is 0 Å². The van der Waals surface area contributed by atoms with E-state index in [1.54, 1.807) is 0 Å². The highest BCUT2D eigenvalue weighted by atomic mass is 16.3. The van der Waals surface area contributed by atoms with Gasteiger partial charge in [-0.05, 0) is 44.0 Å². The molecule has 2 aromatic rings. The van der Waals surface area contributed by atoms with Gasteiger partial charge in [0.1, 0.15) is 5.60 Å². The van der Waals surface area contributed by atoms with Gasteiger partial charge in [-0.2, -0.15) is 0 Å². The molecule has 1 heterocycles. The highest BCUT2D eigenvalue weighted by Gasteiger charge is 2.42. The van der Waals surface area contributed by atoms with Gasteiger partial charge in [-0.1, -0.05) is 60.7 Å². The minimum Gasteiger partial charge on any atom is -0.384 e. The Kier molecular flexibility index (Phi) is 4.09. The molecule has 0 bridgehead atoms. The minimum atomic E-state index is -0.760. The van der Waals surface area contributed by atoms with Crippen LogP contribution in [-0.4, -0.2) is 29.6 Å². The number of hydrogen-bond acceptors (Lipinski definition) is 2. The zero-order valence-electron chi connectivity index (χ0n) is 12.6. The summed E-state index contributed by atoms with van der Waals surface area (Å²) < 4.78 is 0. The van der Waals surface area contributed by atoms with Gasteiger partial charge in [0.15, 0.2) is 0 Å². The number of benzene rings is 2. The molecule has 0 aromatic heterocycles. The van der Waals surface area contributed by atoms with Gasteiger partial charge in [0.05, 0.1) is 0 Å². The van der Waals surface area contributed by atoms with Gasteiger partial charge in [-0.3, -0.25) is 4.90 Å². The average Bonchev–Trinajstić information content (AvgIpc) is 2.53. The van der Waals surface area contributed by atoms with Gasteiger partial charge in [0.25, 0.3) is 0 Å². The van der Waals surface area contributed by atoms with Crippen LogP contribution in [0.5, 0.6) is 0 Å². The number of rotatable bonds is 3. The SMILES string of the molecule is CN1CCCC(O)(c2ccccc2)C1Cc1ccccc1. The van der Waals surface area contributed by atoms with Crippen LogP contribution in [0.3, 0.4) is 0 Å². The summed E-state index contributed by atoms with van der Waals surface area (Å²) in [6.45, 7) is 1.05. The molecule has 2 aromatic carbocycles. The van der Waals surface area contributed by atoms with Crippen molar-refractivity contribution in [1.82, 2.24) is 4.90 Å². The number of likely N-dealkylation sites (tertiary alicyclic amines) is 1. The van der Waals surface area contributed by atoms with Crippen molar-refractivity contribution < 1.29 is 5.11 Å². The number of likely N-dealkylation sites (N-methyl/N-ethyl adjacent to an activating group) is 1. The first-order valence-corrected chi connectivity index (χ1v) is 7.72. The zero-order chi connectivity index (χ0) is 14.7. The van der Waals surface area contributed by atoms with Gasteiger partial charge in [0, 0.05) is 6.04 Å². The lowest BCUT2D eigenvalue weighted by Gasteiger charge is -2.46. The maximum atomic E-state index is 11.4. The van der Waals surface area contributed by atoms with Gasteiger partial charge in [-0.25, -0.2) is 0 Å². The predicted octanol–water partition coefficient (Wildman–Crippen LogP) is 3.21. The van der Waals surface area contributed by atoms with Crippen molar-refractivity contribution in [1.29, 1.82) is 0 Å². The topological polar surface area (TPSA) is 23.5 Å². The van der Waals surface area contributed by atoms with Crippen molar-refractivity contribution in [2.75, 3.05) is 13.6 Å². The second-order valence-corrected chi connectivity index (χ2v) is 6.08. The predicted molar refractivity (Wildman–Crippen MR) is 86.1 cm³/mol. The van der Waals surface area contributed by atoms with E-state index in [1.807, 2.05) is 24.3 Å². The summed E-state index contributed by atoms with van der Waals surface area (Å²) in [5, 5.41) is 11.4. The van der Waals surface area contributed by atoms with Crippen LogP contribution in [0.4, 0.5) is 0 Å². The lowest BCUT2D eigenvalue weighted by Crippen LogP contribution is -2.54. The van der Waals surface area contributed by atoms with Crippen LogP contribution in [0.25, 0.3) is 0 Å². The molecular formula is C19H23NO. The molecule has 2 atom stereocenters. The van der Waals surface area contributed by atoms with Crippen LogP contribution in [0.15, 0.2) is 60.7 Å². The first-order valence-electron chi connectivity index (χ1n) is 7.72. The summed E-state index contributed by atoms with van der Waals surface area (Å²) in [6, 6.07) is 20.7. The van der Waals surface area contributed by atoms with Crippen molar-refractivity contribution in [3.8, 4) is 0 Å². The van der Waals surface area contributed by atoms with E-state index < -0.39 is 5.60 Å². The largest absolute Gasteiger partial charge is 0.384 e. The number of piperidine rings is 1. The smallest absolute Gasteiger partial charge is 0.105 e. The molecule has 1 N–H and O–H groups in total. The summed E-state index contributed by atoms with van der Waals surface area (Å²) in [6.07, 6.45) is 2.74. The highest BCUT2D eigenvalue weighted by Crippen LogP contribution is 2.37. The van der Waals surface area contributed by atoms with E-state index in [1.165, 1.54) is 5.56 Å². The molecule has 0 radical (unpaired) electrons. The zero-order valence-corrected chi connectivity index (χ0v) is 12.6. The Balaban J connectivity index is 1.93. The molecule has 1 saturated heterocycles. The molecule has 1 aliphatic rings. The van der Waals surface area contributed by atoms with Crippen LogP contribution in [0.2, 0.25) is 0 Å². The Morgan fingerprint density at radius 1 is 1.05 bits per heavy atom. The van der Waals surface area contributed by atoms with E-state index in [0.717, 1.165) is 31.4 Å². The molecule has 1 aliphatic heterocycles. The summed E-state index contributed by atoms with van der Waals surface area (Å²) in [5.74, 6) is 0. The molecule has 0 amide bonds. The van der Waals surface area contributed by atoms with Crippen LogP contribution >= 0.6 is 0 Å². The lowest BCUT2D eigenvalue weighted by molar-refractivity contribution is -0.0781. The van der Waals surface area contributed by atoms with Gasteiger partial charge in [-0.15, -0.1) is 0 Å². The molecule has 0 spiro atoms. The number of hydrogen-bond donors (Lipinski definition) is 1. The highest BCUT2D eigenvalue weighted by molar-refractivity contribution is 5.27. The molecule has 3 rings (SSSR count). The van der Waals surface area contributed by atoms with Crippen LogP contribution < -0.4 is 0 Å². The number of aliphatic hydroxyl groups is 1. The van der Waals surface area contributed by atoms with E-state index in [-0.39, 0.29) is 6.04 Å². The quantitative estimate of drug-likeness (QED) is 0.934. The van der Waals surface area contributed by atoms with Crippen molar-refractivity contribution in [2.45, 2.75) is 30.9 Å². The van der Waals surface area contributed by atoms with Crippen molar-refractivity contribution in [2.24, 2.45) is 0 Å². The fourth-order valence-corrected chi connectivity index (χ4v) is 3.51. The third-order valence-electron chi connectivity index (χ3n) is 4.70. The molecular weight excluding hydrogens is 258 g/mol. The van der Waals surface area contributed by atoms with Crippen LogP contribution in [0, 0.1) is 0 Å². The number of nitrogens with zero attached hydrogens (tertiary/aromatic N) is 1. The van der Waals surface area contributed by atoms with Crippen molar-refractivity contribution in [3.63, 3.8) is 0 Å². The molecule has 2 unspecified atom stereocenters. The summed E-state index contributed by atoms with van der Waals surface area (Å²) in [4.78, 5) is 2.31. The summed E-state index contributed by atoms with van der Waals surface area (Å²) >= 11 is 0. The maximum Gasteiger partial charge on any atom is 0.105 e. The fourth-order valence-electron chi connectivity index (χ4n) is 3.51. The molecule has 110 valence electrons. The monoisotopic (exact) mass is 281 g/mol. The summed E-state index contributed by atoms with van der Waals surface area (Å²) in [5.41, 5.74) is 1.56. The third-order valence-corrected chi connectivity index (χ3v) is 4.70. The van der Waals surface area contributed by atoms with Crippen molar-refractivity contribution >= 4 is 0 Å². The van der Waals surface area contributed by atoms with E-state index in [0.29, 0.717) is 0 Å². The Labute approximate surface area is 127 Å². The third kappa shape index (κ3) is 2.87. The Hall–Kier alpha value is -1.64. The maximum absolute atomic E-state index is 11.4. The lowest BCUT2D eigenvalue weighted by atomic mass is 9.76. The molecule has 0 aliphatic carbocycles. The Bertz CT molecular complexity index is 569. The first-order chi connectivity index (χ1) is 10.2. The Morgan fingerprint density at radius 3 is 2.33 bits per heavy atom. The molecule has 2 heteroatoms. The minimum absolute atomic E-state index is 0.121. The first kappa shape index (κ1) is 14.3. The molecule has 1 fully saturated rings. The average molecular weight is 281 g/mol. The van der Waals surface area contributed by atoms with E-state index >= 15 is 0 Å². The van der Waals surface area contributed by atoms with Gasteiger partial charge in [0.2, 0.25) is 0 Å². The van der Waals surface area contributed by atoms with E-state index in [2.05, 4.69) is 48.3 Å². The Morgan fingerprint density at radius 2 is 1.67 bits per heavy atom. The normalized spacial score (nSPS) is 26.7. The second-order valence-electron chi connectivity index (χ2n) is 6.08. The molecule has 0 saturated carbocycles. The fraction of sp³-hybridized carbons (Fsp3) is 0.368. The van der Waals surface area contributed by atoms with Crippen molar-refractivity contribution in [3.05, 3.63) is 71.8 Å². The van der Waals surface area contributed by atoms with Crippen LogP contribution in [0.1, 0.15) is 24.0 Å². The van der Waals surface area contributed by atoms with Gasteiger partial charge >= 0.3 is 0 Å². The second kappa shape index (κ2) is 6.00. The van der Waals surface area contributed by atoms with E-state index in [9.17, 15) is 5.11 Å².